The summed E-state index contributed by atoms with van der Waals surface area (Å²) >= 11 is 0. The number of aromatic carboxylic acids is 1. The number of H-pyrrole nitrogens is 2. The predicted molar refractivity (Wildman–Crippen MR) is 61.7 cm³/mol. The Morgan fingerprint density at radius 2 is 1.67 bits per heavy atom. The molecule has 0 radical (unpaired) electrons. The maximum Gasteiger partial charge on any atom is 0.353 e. The molecule has 4 N–H and O–H groups in total. The molecule has 0 unspecified atom stereocenters. The average Bonchev–Trinajstić information content (AvgIpc) is 2.29. The molecule has 2 aromatic rings. The van der Waals surface area contributed by atoms with Crippen LogP contribution in [0.3, 0.4) is 0 Å². The van der Waals surface area contributed by atoms with Crippen LogP contribution in [0, 0.1) is 0 Å². The van der Waals surface area contributed by atoms with Crippen molar-refractivity contribution in [2.75, 3.05) is 0 Å². The highest BCUT2D eigenvalue weighted by Crippen LogP contribution is 2.20. The number of carboxylic acid groups (broad SMARTS) is 1. The van der Waals surface area contributed by atoms with Gasteiger partial charge >= 0.3 is 11.7 Å². The van der Waals surface area contributed by atoms with Crippen LogP contribution in [-0.4, -0.2) is 26.2 Å². The lowest BCUT2D eigenvalue weighted by molar-refractivity contribution is 0.0690. The van der Waals surface area contributed by atoms with E-state index >= 15 is 0 Å². The van der Waals surface area contributed by atoms with Crippen molar-refractivity contribution in [1.29, 1.82) is 0 Å². The van der Waals surface area contributed by atoms with Gasteiger partial charge in [0, 0.05) is 0 Å². The Morgan fingerprint density at radius 1 is 1.06 bits per heavy atom. The SMILES string of the molecule is O=C(O)c1[nH]c(=O)[nH]c(=O)c1-c1ccc(O)cc1. The summed E-state index contributed by atoms with van der Waals surface area (Å²) in [5.41, 5.74) is -2.07. The zero-order valence-corrected chi connectivity index (χ0v) is 8.93. The summed E-state index contributed by atoms with van der Waals surface area (Å²) in [4.78, 5) is 37.7. The first kappa shape index (κ1) is 11.6. The Labute approximate surface area is 99.4 Å². The van der Waals surface area contributed by atoms with Crippen molar-refractivity contribution in [2.24, 2.45) is 0 Å². The third kappa shape index (κ3) is 2.01. The molecule has 0 fully saturated rings. The minimum atomic E-state index is -1.42. The van der Waals surface area contributed by atoms with E-state index in [4.69, 9.17) is 10.2 Å². The molecule has 0 aliphatic rings. The molecule has 1 heterocycles. The van der Waals surface area contributed by atoms with Crippen LogP contribution in [0.4, 0.5) is 0 Å². The molecule has 18 heavy (non-hydrogen) atoms. The summed E-state index contributed by atoms with van der Waals surface area (Å²) in [5.74, 6) is -1.43. The highest BCUT2D eigenvalue weighted by atomic mass is 16.4. The lowest BCUT2D eigenvalue weighted by atomic mass is 10.1. The number of hydrogen-bond donors (Lipinski definition) is 4. The van der Waals surface area contributed by atoms with Crippen molar-refractivity contribution in [3.05, 3.63) is 50.8 Å². The summed E-state index contributed by atoms with van der Waals surface area (Å²) < 4.78 is 0. The normalized spacial score (nSPS) is 10.2. The Hall–Kier alpha value is -2.83. The Balaban J connectivity index is 2.78. The van der Waals surface area contributed by atoms with E-state index in [-0.39, 0.29) is 16.9 Å². The number of aromatic hydroxyl groups is 1. The second-order valence-electron chi connectivity index (χ2n) is 3.51. The molecule has 92 valence electrons. The van der Waals surface area contributed by atoms with Gasteiger partial charge in [0.25, 0.3) is 5.56 Å². The van der Waals surface area contributed by atoms with E-state index in [1.54, 1.807) is 0 Å². The van der Waals surface area contributed by atoms with Gasteiger partial charge in [0.05, 0.1) is 5.56 Å². The van der Waals surface area contributed by atoms with Gasteiger partial charge in [-0.05, 0) is 17.7 Å². The number of rotatable bonds is 2. The molecule has 1 aromatic heterocycles. The third-order valence-electron chi connectivity index (χ3n) is 2.31. The van der Waals surface area contributed by atoms with Crippen LogP contribution in [0.15, 0.2) is 33.9 Å². The zero-order chi connectivity index (χ0) is 13.3. The molecule has 0 amide bonds. The highest BCUT2D eigenvalue weighted by molar-refractivity contribution is 5.93. The van der Waals surface area contributed by atoms with Crippen LogP contribution in [0.1, 0.15) is 10.5 Å². The minimum absolute atomic E-state index is 0.0171. The van der Waals surface area contributed by atoms with E-state index in [0.29, 0.717) is 0 Å². The van der Waals surface area contributed by atoms with Gasteiger partial charge in [-0.25, -0.2) is 9.59 Å². The highest BCUT2D eigenvalue weighted by Gasteiger charge is 2.17. The second kappa shape index (κ2) is 4.21. The molecular weight excluding hydrogens is 240 g/mol. The number of hydrogen-bond acceptors (Lipinski definition) is 4. The number of aromatic nitrogens is 2. The first-order valence-electron chi connectivity index (χ1n) is 4.88. The molecule has 2 rings (SSSR count). The van der Waals surface area contributed by atoms with Crippen molar-refractivity contribution in [3.8, 4) is 16.9 Å². The summed E-state index contributed by atoms with van der Waals surface area (Å²) in [6.45, 7) is 0. The smallest absolute Gasteiger partial charge is 0.353 e. The molecule has 0 saturated heterocycles. The average molecular weight is 248 g/mol. The number of carbonyl (C=O) groups is 1. The van der Waals surface area contributed by atoms with Crippen LogP contribution < -0.4 is 11.2 Å². The molecule has 0 atom stereocenters. The van der Waals surface area contributed by atoms with Crippen LogP contribution in [-0.2, 0) is 0 Å². The van der Waals surface area contributed by atoms with Crippen molar-refractivity contribution in [2.45, 2.75) is 0 Å². The van der Waals surface area contributed by atoms with Crippen LogP contribution in [0.2, 0.25) is 0 Å². The van der Waals surface area contributed by atoms with Gasteiger partial charge in [-0.15, -0.1) is 0 Å². The van der Waals surface area contributed by atoms with Gasteiger partial charge in [0.15, 0.2) is 0 Å². The third-order valence-corrected chi connectivity index (χ3v) is 2.31. The second-order valence-corrected chi connectivity index (χ2v) is 3.51. The molecule has 0 spiro atoms. The predicted octanol–water partition coefficient (Wildman–Crippen LogP) is 0.134. The van der Waals surface area contributed by atoms with E-state index in [2.05, 4.69) is 4.98 Å². The standard InChI is InChI=1S/C11H8N2O5/c14-6-3-1-5(2-4-6)7-8(10(16)17)12-11(18)13-9(7)15/h1-4,14H,(H,16,17)(H2,12,13,15,18). The molecule has 7 heteroatoms. The summed E-state index contributed by atoms with van der Waals surface area (Å²) in [6, 6.07) is 5.38. The fraction of sp³-hybridized carbons (Fsp3) is 0. The number of aromatic amines is 2. The van der Waals surface area contributed by atoms with E-state index in [0.717, 1.165) is 0 Å². The van der Waals surface area contributed by atoms with Gasteiger partial charge in [0.1, 0.15) is 11.4 Å². The van der Waals surface area contributed by atoms with Gasteiger partial charge in [-0.2, -0.15) is 0 Å². The van der Waals surface area contributed by atoms with E-state index < -0.39 is 22.9 Å². The largest absolute Gasteiger partial charge is 0.508 e. The molecule has 7 nitrogen and oxygen atoms in total. The van der Waals surface area contributed by atoms with Crippen LogP contribution in [0.25, 0.3) is 11.1 Å². The van der Waals surface area contributed by atoms with Gasteiger partial charge in [-0.3, -0.25) is 9.78 Å². The molecule has 0 saturated carbocycles. The minimum Gasteiger partial charge on any atom is -0.508 e. The summed E-state index contributed by atoms with van der Waals surface area (Å²) in [7, 11) is 0. The van der Waals surface area contributed by atoms with Crippen molar-refractivity contribution >= 4 is 5.97 Å². The lowest BCUT2D eigenvalue weighted by Gasteiger charge is -2.04. The number of nitrogens with one attached hydrogen (secondary N) is 2. The summed E-state index contributed by atoms with van der Waals surface area (Å²) in [6.07, 6.45) is 0. The Bertz CT molecular complexity index is 711. The fourth-order valence-electron chi connectivity index (χ4n) is 1.55. The fourth-order valence-corrected chi connectivity index (χ4v) is 1.55. The lowest BCUT2D eigenvalue weighted by Crippen LogP contribution is -2.27. The maximum atomic E-state index is 11.6. The van der Waals surface area contributed by atoms with Crippen LogP contribution >= 0.6 is 0 Å². The Kier molecular flexibility index (Phi) is 2.72. The molecule has 1 aromatic carbocycles. The quantitative estimate of drug-likeness (QED) is 0.601. The van der Waals surface area contributed by atoms with Crippen molar-refractivity contribution < 1.29 is 15.0 Å². The number of carboxylic acids is 1. The van der Waals surface area contributed by atoms with E-state index in [1.807, 2.05) is 4.98 Å². The van der Waals surface area contributed by atoms with Gasteiger partial charge in [0.2, 0.25) is 0 Å². The monoisotopic (exact) mass is 248 g/mol. The summed E-state index contributed by atoms with van der Waals surface area (Å²) in [5, 5.41) is 18.1. The molecule has 0 aliphatic carbocycles. The van der Waals surface area contributed by atoms with E-state index in [9.17, 15) is 14.4 Å². The Morgan fingerprint density at radius 3 is 2.22 bits per heavy atom. The topological polar surface area (TPSA) is 123 Å². The molecule has 0 bridgehead atoms. The molecular formula is C11H8N2O5. The number of phenols is 1. The van der Waals surface area contributed by atoms with Crippen LogP contribution in [0.5, 0.6) is 5.75 Å². The van der Waals surface area contributed by atoms with Crippen molar-refractivity contribution in [1.82, 2.24) is 9.97 Å². The zero-order valence-electron chi connectivity index (χ0n) is 8.93. The first-order chi connectivity index (χ1) is 8.49. The molecule has 0 aliphatic heterocycles. The van der Waals surface area contributed by atoms with Crippen molar-refractivity contribution in [3.63, 3.8) is 0 Å². The van der Waals surface area contributed by atoms with Gasteiger partial charge < -0.3 is 15.2 Å². The van der Waals surface area contributed by atoms with Gasteiger partial charge in [-0.1, -0.05) is 12.1 Å². The number of benzene rings is 1. The number of phenolic OH excluding ortho intramolecular Hbond substituents is 1. The maximum absolute atomic E-state index is 11.6. The van der Waals surface area contributed by atoms with E-state index in [1.165, 1.54) is 24.3 Å². The first-order valence-corrected chi connectivity index (χ1v) is 4.88.